The van der Waals surface area contributed by atoms with Crippen LogP contribution in [0.2, 0.25) is 0 Å². The Morgan fingerprint density at radius 2 is 1.43 bits per heavy atom. The summed E-state index contributed by atoms with van der Waals surface area (Å²) in [6.45, 7) is 4.45. The van der Waals surface area contributed by atoms with Gasteiger partial charge >= 0.3 is 5.97 Å². The smallest absolute Gasteiger partial charge is 0.305 e. The van der Waals surface area contributed by atoms with Crippen molar-refractivity contribution >= 4 is 29.1 Å². The number of piperazine rings is 1. The van der Waals surface area contributed by atoms with Gasteiger partial charge in [0.2, 0.25) is 11.6 Å². The van der Waals surface area contributed by atoms with Crippen molar-refractivity contribution in [1.82, 2.24) is 9.80 Å². The maximum atomic E-state index is 13.8. The van der Waals surface area contributed by atoms with Gasteiger partial charge in [0.1, 0.15) is 12.6 Å². The van der Waals surface area contributed by atoms with Gasteiger partial charge in [-0.1, -0.05) is 6.92 Å². The van der Waals surface area contributed by atoms with Gasteiger partial charge in [0.15, 0.2) is 23.1 Å². The largest absolute Gasteiger partial charge is 0.492 e. The molecule has 1 fully saturated rings. The van der Waals surface area contributed by atoms with E-state index in [2.05, 4.69) is 6.07 Å². The fourth-order valence-corrected chi connectivity index (χ4v) is 7.05. The number of esters is 1. The van der Waals surface area contributed by atoms with Crippen LogP contribution in [0.25, 0.3) is 0 Å². The Balaban J connectivity index is 1.72. The van der Waals surface area contributed by atoms with E-state index in [0.29, 0.717) is 5.57 Å². The summed E-state index contributed by atoms with van der Waals surface area (Å²) in [5.41, 5.74) is 1.41. The molecule has 0 aromatic heterocycles. The van der Waals surface area contributed by atoms with E-state index in [4.69, 9.17) is 14.2 Å². The molecule has 5 atom stereocenters. The van der Waals surface area contributed by atoms with Crippen LogP contribution in [-0.4, -0.2) is 97.0 Å². The Hall–Kier alpha value is -3.88. The van der Waals surface area contributed by atoms with Gasteiger partial charge in [0.25, 0.3) is 0 Å². The number of allylic oxidation sites excluding steroid dienone is 4. The summed E-state index contributed by atoms with van der Waals surface area (Å²) in [4.78, 5) is 70.5. The quantitative estimate of drug-likeness (QED) is 0.359. The highest BCUT2D eigenvalue weighted by atomic mass is 16.5. The third-order valence-corrected chi connectivity index (χ3v) is 8.90. The highest BCUT2D eigenvalue weighted by molar-refractivity contribution is 6.26. The van der Waals surface area contributed by atoms with Crippen molar-refractivity contribution in [3.63, 3.8) is 0 Å². The second kappa shape index (κ2) is 9.94. The molecule has 0 spiro atoms. The highest BCUT2D eigenvalue weighted by Crippen LogP contribution is 2.49. The van der Waals surface area contributed by atoms with Crippen molar-refractivity contribution in [1.29, 1.82) is 5.26 Å². The number of carbonyl (C=O) groups excluding carboxylic acids is 5. The maximum absolute atomic E-state index is 13.8. The Morgan fingerprint density at radius 1 is 0.900 bits per heavy atom. The van der Waals surface area contributed by atoms with Crippen LogP contribution < -0.4 is 0 Å². The van der Waals surface area contributed by atoms with Crippen molar-refractivity contribution in [2.75, 3.05) is 27.9 Å². The maximum Gasteiger partial charge on any atom is 0.305 e. The second-order valence-electron chi connectivity index (χ2n) is 10.6. The monoisotopic (exact) mass is 549 g/mol. The number of Topliss-reactive ketones (excluding diaryl/α,β-unsaturated/α-hetero) is 4. The van der Waals surface area contributed by atoms with Crippen LogP contribution in [0.4, 0.5) is 0 Å². The summed E-state index contributed by atoms with van der Waals surface area (Å²) in [5, 5.41) is 10.5. The highest BCUT2D eigenvalue weighted by Gasteiger charge is 2.60. The lowest BCUT2D eigenvalue weighted by Gasteiger charge is -2.60. The number of nitrogens with zero attached hydrogens (tertiary/aromatic N) is 3. The average molecular weight is 550 g/mol. The van der Waals surface area contributed by atoms with Crippen molar-refractivity contribution in [3.8, 4) is 6.07 Å². The number of rotatable bonds is 5. The zero-order valence-electron chi connectivity index (χ0n) is 23.3. The zero-order chi connectivity index (χ0) is 29.2. The number of carbonyl (C=O) groups is 5. The van der Waals surface area contributed by atoms with E-state index in [1.807, 2.05) is 9.80 Å². The van der Waals surface area contributed by atoms with E-state index in [1.165, 1.54) is 21.1 Å². The van der Waals surface area contributed by atoms with Crippen LogP contribution in [0.1, 0.15) is 40.0 Å². The van der Waals surface area contributed by atoms with Crippen molar-refractivity contribution in [2.24, 2.45) is 0 Å². The molecular weight excluding hydrogens is 518 g/mol. The number of likely N-dealkylation sites (N-methyl/N-ethyl adjacent to an activating group) is 1. The predicted octanol–water partition coefficient (Wildman–Crippen LogP) is 1.10. The lowest BCUT2D eigenvalue weighted by atomic mass is 9.67. The Morgan fingerprint density at radius 3 is 1.95 bits per heavy atom. The van der Waals surface area contributed by atoms with E-state index in [-0.39, 0.29) is 76.8 Å². The molecule has 3 aliphatic heterocycles. The first-order valence-corrected chi connectivity index (χ1v) is 13.2. The number of nitriles is 1. The van der Waals surface area contributed by atoms with Gasteiger partial charge in [-0.2, -0.15) is 5.26 Å². The molecule has 5 rings (SSSR count). The lowest BCUT2D eigenvalue weighted by molar-refractivity contribution is -0.147. The SMILES string of the molecule is CCC(=O)OC[C@H]1C2=C(C[C@H]3[C@H]4C5=C(CC([C@H](C#N)N13)N4C)C(=O)C(C)=C(OC)C5=O)C(=O)C(C)=C(OC)C2=O. The van der Waals surface area contributed by atoms with Crippen molar-refractivity contribution < 1.29 is 38.2 Å². The number of hydrogen-bond donors (Lipinski definition) is 0. The normalized spacial score (nSPS) is 30.7. The first kappa shape index (κ1) is 27.7. The minimum absolute atomic E-state index is 0.0267. The van der Waals surface area contributed by atoms with E-state index < -0.39 is 47.7 Å². The summed E-state index contributed by atoms with van der Waals surface area (Å²) >= 11 is 0. The zero-order valence-corrected chi connectivity index (χ0v) is 23.3. The van der Waals surface area contributed by atoms with Gasteiger partial charge < -0.3 is 14.2 Å². The summed E-state index contributed by atoms with van der Waals surface area (Å²) < 4.78 is 16.2. The molecule has 11 heteroatoms. The molecule has 1 saturated heterocycles. The van der Waals surface area contributed by atoms with Crippen molar-refractivity contribution in [3.05, 3.63) is 45.0 Å². The Labute approximate surface area is 231 Å². The molecule has 210 valence electrons. The molecule has 1 unspecified atom stereocenters. The number of ketones is 4. The topological polar surface area (TPSA) is 143 Å². The standard InChI is InChI=1S/C29H31N3O8/c1-7-20(33)40-11-19-21-14(24(34)12(2)28(38-5)26(21)36)9-17-23-22-15(25(35)13(3)29(39-6)27(22)37)8-16(31(23)4)18(10-30)32(17)19/h16-19,23H,7-9,11H2,1-6H3/t16?,17-,18-,19-,23-/m0/s1. The fourth-order valence-electron chi connectivity index (χ4n) is 7.05. The predicted molar refractivity (Wildman–Crippen MR) is 138 cm³/mol. The van der Waals surface area contributed by atoms with Gasteiger partial charge in [0.05, 0.1) is 32.4 Å². The first-order valence-electron chi connectivity index (χ1n) is 13.2. The minimum atomic E-state index is -0.932. The molecule has 2 aliphatic carbocycles. The summed E-state index contributed by atoms with van der Waals surface area (Å²) in [7, 11) is 4.46. The molecule has 0 radical (unpaired) electrons. The third-order valence-electron chi connectivity index (χ3n) is 8.90. The molecule has 2 bridgehead atoms. The summed E-state index contributed by atoms with van der Waals surface area (Å²) in [6.07, 6.45) is 0.298. The minimum Gasteiger partial charge on any atom is -0.492 e. The van der Waals surface area contributed by atoms with E-state index in [1.54, 1.807) is 20.9 Å². The van der Waals surface area contributed by atoms with Crippen LogP contribution in [0.3, 0.4) is 0 Å². The molecule has 40 heavy (non-hydrogen) atoms. The Kier molecular flexibility index (Phi) is 6.88. The van der Waals surface area contributed by atoms with E-state index in [9.17, 15) is 29.2 Å². The summed E-state index contributed by atoms with van der Waals surface area (Å²) in [5.74, 6) is -2.17. The molecule has 3 heterocycles. The molecule has 0 aromatic rings. The number of methoxy groups -OCH3 is 2. The molecular formula is C29H31N3O8. The van der Waals surface area contributed by atoms with Crippen LogP contribution >= 0.6 is 0 Å². The molecule has 0 amide bonds. The number of fused-ring (bicyclic) bond motifs is 5. The number of ether oxygens (including phenoxy) is 3. The second-order valence-corrected chi connectivity index (χ2v) is 10.6. The van der Waals surface area contributed by atoms with Gasteiger partial charge in [0, 0.05) is 51.9 Å². The van der Waals surface area contributed by atoms with E-state index >= 15 is 0 Å². The first-order chi connectivity index (χ1) is 19.0. The average Bonchev–Trinajstić information content (AvgIpc) is 2.93. The van der Waals surface area contributed by atoms with Gasteiger partial charge in [-0.3, -0.25) is 33.8 Å². The van der Waals surface area contributed by atoms with Crippen LogP contribution in [0.5, 0.6) is 0 Å². The van der Waals surface area contributed by atoms with Crippen LogP contribution in [-0.2, 0) is 38.2 Å². The van der Waals surface area contributed by atoms with Crippen LogP contribution in [0.15, 0.2) is 45.0 Å². The van der Waals surface area contributed by atoms with Crippen molar-refractivity contribution in [2.45, 2.75) is 70.2 Å². The molecule has 11 nitrogen and oxygen atoms in total. The molecule has 0 aromatic carbocycles. The van der Waals surface area contributed by atoms with Gasteiger partial charge in [-0.15, -0.1) is 0 Å². The van der Waals surface area contributed by atoms with E-state index in [0.717, 1.165) is 0 Å². The third kappa shape index (κ3) is 3.66. The van der Waals surface area contributed by atoms with Crippen LogP contribution in [0, 0.1) is 11.3 Å². The fraction of sp³-hybridized carbons (Fsp3) is 0.517. The molecule has 0 N–H and O–H groups in total. The molecule has 5 aliphatic rings. The molecule has 0 saturated carbocycles. The summed E-state index contributed by atoms with van der Waals surface area (Å²) in [6, 6.07) is -1.24. The Bertz CT molecular complexity index is 1440. The van der Waals surface area contributed by atoms with Gasteiger partial charge in [-0.05, 0) is 33.7 Å². The number of hydrogen-bond acceptors (Lipinski definition) is 11. The lowest BCUT2D eigenvalue weighted by Crippen LogP contribution is -2.74. The van der Waals surface area contributed by atoms with Gasteiger partial charge in [-0.25, -0.2) is 0 Å².